The van der Waals surface area contributed by atoms with Crippen LogP contribution in [0.3, 0.4) is 0 Å². The molecule has 0 aliphatic heterocycles. The van der Waals surface area contributed by atoms with Gasteiger partial charge in [0.15, 0.2) is 0 Å². The van der Waals surface area contributed by atoms with Crippen LogP contribution in [-0.2, 0) is 19.1 Å². The van der Waals surface area contributed by atoms with Gasteiger partial charge < -0.3 is 14.8 Å². The highest BCUT2D eigenvalue weighted by atomic mass is 79.9. The molecule has 3 rings (SSSR count). The molecule has 0 radical (unpaired) electrons. The largest absolute Gasteiger partial charge is 0.469 e. The summed E-state index contributed by atoms with van der Waals surface area (Å²) >= 11 is 3.44. The summed E-state index contributed by atoms with van der Waals surface area (Å²) < 4.78 is 11.1. The van der Waals surface area contributed by atoms with E-state index in [0.717, 1.165) is 26.9 Å². The van der Waals surface area contributed by atoms with E-state index >= 15 is 0 Å². The predicted molar refractivity (Wildman–Crippen MR) is 120 cm³/mol. The maximum atomic E-state index is 12.9. The number of benzene rings is 2. The Morgan fingerprint density at radius 3 is 2.13 bits per heavy atom. The molecule has 0 aromatic heterocycles. The van der Waals surface area contributed by atoms with Gasteiger partial charge in [-0.15, -0.1) is 0 Å². The van der Waals surface area contributed by atoms with Crippen LogP contribution in [0.5, 0.6) is 0 Å². The number of carbonyl (C=O) groups is 2. The Morgan fingerprint density at radius 1 is 0.933 bits per heavy atom. The number of allylic oxidation sites excluding steroid dienone is 1. The van der Waals surface area contributed by atoms with Crippen LogP contribution in [-0.4, -0.2) is 26.2 Å². The second-order valence-electron chi connectivity index (χ2n) is 7.23. The quantitative estimate of drug-likeness (QED) is 0.614. The average Bonchev–Trinajstić information content (AvgIpc) is 2.74. The number of halogens is 1. The second-order valence-corrected chi connectivity index (χ2v) is 8.14. The maximum absolute atomic E-state index is 12.9. The molecule has 1 aliphatic carbocycles. The molecule has 0 fully saturated rings. The van der Waals surface area contributed by atoms with Gasteiger partial charge in [-0.05, 0) is 49.8 Å². The van der Waals surface area contributed by atoms with Crippen molar-refractivity contribution in [3.8, 4) is 0 Å². The molecule has 0 amide bonds. The summed E-state index contributed by atoms with van der Waals surface area (Å²) in [5.74, 6) is -2.06. The summed E-state index contributed by atoms with van der Waals surface area (Å²) in [6.07, 6.45) is 1.82. The Labute approximate surface area is 184 Å². The van der Waals surface area contributed by atoms with Crippen LogP contribution >= 0.6 is 15.9 Å². The van der Waals surface area contributed by atoms with Crippen LogP contribution in [0.1, 0.15) is 24.0 Å². The van der Waals surface area contributed by atoms with Crippen molar-refractivity contribution in [2.75, 3.05) is 19.5 Å². The van der Waals surface area contributed by atoms with Gasteiger partial charge in [0, 0.05) is 21.8 Å². The molecular weight excluding hydrogens is 446 g/mol. The minimum absolute atomic E-state index is 0.390. The van der Waals surface area contributed by atoms with Gasteiger partial charge in [0.25, 0.3) is 0 Å². The number of anilines is 1. The number of hydrogen-bond donors (Lipinski definition) is 1. The van der Waals surface area contributed by atoms with E-state index < -0.39 is 23.8 Å². The molecule has 2 atom stereocenters. The van der Waals surface area contributed by atoms with Gasteiger partial charge in [-0.2, -0.15) is 0 Å². The van der Waals surface area contributed by atoms with Gasteiger partial charge in [0.05, 0.1) is 25.7 Å². The van der Waals surface area contributed by atoms with Crippen LogP contribution in [0, 0.1) is 12.8 Å². The van der Waals surface area contributed by atoms with Crippen LogP contribution < -0.4 is 5.32 Å². The number of esters is 2. The van der Waals surface area contributed by atoms with Crippen LogP contribution in [0.15, 0.2) is 75.9 Å². The van der Waals surface area contributed by atoms with Crippen molar-refractivity contribution in [2.45, 2.75) is 19.8 Å². The van der Waals surface area contributed by atoms with Crippen LogP contribution in [0.2, 0.25) is 0 Å². The minimum Gasteiger partial charge on any atom is -0.469 e. The van der Waals surface area contributed by atoms with E-state index in [-0.39, 0.29) is 0 Å². The summed E-state index contributed by atoms with van der Waals surface area (Å²) in [6, 6.07) is 15.4. The van der Waals surface area contributed by atoms with E-state index in [1.165, 1.54) is 14.2 Å². The topological polar surface area (TPSA) is 64.6 Å². The molecule has 5 nitrogen and oxygen atoms in total. The highest BCUT2D eigenvalue weighted by Crippen LogP contribution is 2.43. The third-order valence-electron chi connectivity index (χ3n) is 5.22. The zero-order valence-electron chi connectivity index (χ0n) is 17.4. The van der Waals surface area contributed by atoms with Crippen molar-refractivity contribution < 1.29 is 19.1 Å². The molecule has 30 heavy (non-hydrogen) atoms. The fourth-order valence-corrected chi connectivity index (χ4v) is 3.98. The number of aryl methyl sites for hydroxylation is 1. The molecule has 0 saturated carbocycles. The van der Waals surface area contributed by atoms with Crippen molar-refractivity contribution in [1.82, 2.24) is 0 Å². The molecule has 0 saturated heterocycles. The average molecular weight is 470 g/mol. The van der Waals surface area contributed by atoms with E-state index in [2.05, 4.69) is 21.2 Å². The Balaban J connectivity index is 2.19. The van der Waals surface area contributed by atoms with E-state index in [0.29, 0.717) is 11.3 Å². The van der Waals surface area contributed by atoms with Crippen molar-refractivity contribution in [3.63, 3.8) is 0 Å². The zero-order chi connectivity index (χ0) is 21.8. The van der Waals surface area contributed by atoms with Crippen molar-refractivity contribution in [2.24, 2.45) is 5.92 Å². The molecule has 0 spiro atoms. The lowest BCUT2D eigenvalue weighted by Crippen LogP contribution is -2.33. The standard InChI is InChI=1S/C24H24BrNO4/c1-14-5-11-18(12-6-14)26-19-13-15(2)20(23(27)29-3)21(22(19)24(28)30-4)16-7-9-17(25)10-8-16/h5-13,20-21,26H,1-4H3/t20-,21+/m0/s1. The lowest BCUT2D eigenvalue weighted by atomic mass is 9.73. The smallest absolute Gasteiger partial charge is 0.336 e. The number of methoxy groups -OCH3 is 2. The summed E-state index contributed by atoms with van der Waals surface area (Å²) in [6.45, 7) is 3.89. The molecule has 6 heteroatoms. The normalized spacial score (nSPS) is 18.5. The fraction of sp³-hybridized carbons (Fsp3) is 0.250. The van der Waals surface area contributed by atoms with Gasteiger partial charge in [0.1, 0.15) is 0 Å². The summed E-state index contributed by atoms with van der Waals surface area (Å²) in [7, 11) is 2.70. The number of nitrogens with one attached hydrogen (secondary N) is 1. The third-order valence-corrected chi connectivity index (χ3v) is 5.75. The fourth-order valence-electron chi connectivity index (χ4n) is 3.71. The summed E-state index contributed by atoms with van der Waals surface area (Å²) in [5.41, 5.74) is 4.60. The molecule has 2 aromatic carbocycles. The lowest BCUT2D eigenvalue weighted by molar-refractivity contribution is -0.144. The van der Waals surface area contributed by atoms with Gasteiger partial charge in [0.2, 0.25) is 0 Å². The first kappa shape index (κ1) is 21.8. The molecular formula is C24H24BrNO4. The first-order chi connectivity index (χ1) is 14.3. The van der Waals surface area contributed by atoms with Gasteiger partial charge in [-0.3, -0.25) is 4.79 Å². The van der Waals surface area contributed by atoms with E-state index in [9.17, 15) is 9.59 Å². The first-order valence-electron chi connectivity index (χ1n) is 9.53. The number of ether oxygens (including phenoxy) is 2. The highest BCUT2D eigenvalue weighted by Gasteiger charge is 2.41. The summed E-state index contributed by atoms with van der Waals surface area (Å²) in [5, 5.41) is 3.33. The molecule has 156 valence electrons. The van der Waals surface area contributed by atoms with Gasteiger partial charge >= 0.3 is 11.9 Å². The number of rotatable bonds is 5. The van der Waals surface area contributed by atoms with Gasteiger partial charge in [-0.25, -0.2) is 4.79 Å². The number of carbonyl (C=O) groups excluding carboxylic acids is 2. The van der Waals surface area contributed by atoms with Crippen LogP contribution in [0.25, 0.3) is 0 Å². The molecule has 0 bridgehead atoms. The third kappa shape index (κ3) is 4.49. The predicted octanol–water partition coefficient (Wildman–Crippen LogP) is 5.13. The second kappa shape index (κ2) is 9.30. The molecule has 1 N–H and O–H groups in total. The van der Waals surface area contributed by atoms with Gasteiger partial charge in [-0.1, -0.05) is 51.3 Å². The Morgan fingerprint density at radius 2 is 1.57 bits per heavy atom. The SMILES string of the molecule is COC(=O)C1=C(Nc2ccc(C)cc2)C=C(C)[C@H](C(=O)OC)[C@H]1c1ccc(Br)cc1. The lowest BCUT2D eigenvalue weighted by Gasteiger charge is -2.33. The van der Waals surface area contributed by atoms with E-state index in [1.807, 2.05) is 68.5 Å². The number of hydrogen-bond acceptors (Lipinski definition) is 5. The Kier molecular flexibility index (Phi) is 6.77. The monoisotopic (exact) mass is 469 g/mol. The maximum Gasteiger partial charge on any atom is 0.336 e. The first-order valence-corrected chi connectivity index (χ1v) is 10.3. The molecule has 1 aliphatic rings. The molecule has 0 unspecified atom stereocenters. The van der Waals surface area contributed by atoms with Crippen molar-refractivity contribution >= 4 is 33.6 Å². The van der Waals surface area contributed by atoms with Crippen LogP contribution in [0.4, 0.5) is 5.69 Å². The summed E-state index contributed by atoms with van der Waals surface area (Å²) in [4.78, 5) is 25.6. The zero-order valence-corrected chi connectivity index (χ0v) is 18.9. The van der Waals surface area contributed by atoms with E-state index in [4.69, 9.17) is 9.47 Å². The Bertz CT molecular complexity index is 1010. The van der Waals surface area contributed by atoms with Crippen molar-refractivity contribution in [1.29, 1.82) is 0 Å². The molecule has 2 aromatic rings. The van der Waals surface area contributed by atoms with E-state index in [1.54, 1.807) is 0 Å². The van der Waals surface area contributed by atoms with Crippen molar-refractivity contribution in [3.05, 3.63) is 87.0 Å². The minimum atomic E-state index is -0.631. The highest BCUT2D eigenvalue weighted by molar-refractivity contribution is 9.10. The molecule has 0 heterocycles. The Hall–Kier alpha value is -2.86.